The molecule has 126 valence electrons. The van der Waals surface area contributed by atoms with Gasteiger partial charge < -0.3 is 0 Å². The van der Waals surface area contributed by atoms with E-state index in [1.165, 1.54) is 22.3 Å². The van der Waals surface area contributed by atoms with Crippen molar-refractivity contribution >= 4 is 24.3 Å². The highest BCUT2D eigenvalue weighted by Gasteiger charge is 1.88. The van der Waals surface area contributed by atoms with Crippen LogP contribution in [0.1, 0.15) is 22.3 Å². The first-order chi connectivity index (χ1) is 12.9. The third-order valence-corrected chi connectivity index (χ3v) is 3.91. The minimum atomic E-state index is 1.19. The molecule has 0 unspecified atom stereocenters. The van der Waals surface area contributed by atoms with E-state index in [9.17, 15) is 0 Å². The molecule has 0 aliphatic rings. The zero-order chi connectivity index (χ0) is 17.9. The second kappa shape index (κ2) is 9.80. The van der Waals surface area contributed by atoms with Crippen molar-refractivity contribution in [3.05, 3.63) is 131 Å². The molecule has 0 N–H and O–H groups in total. The molecule has 26 heavy (non-hydrogen) atoms. The molecule has 0 radical (unpaired) electrons. The van der Waals surface area contributed by atoms with Crippen LogP contribution in [0, 0.1) is 0 Å². The molecule has 3 aromatic carbocycles. The lowest BCUT2D eigenvalue weighted by Crippen LogP contribution is -1.74. The summed E-state index contributed by atoms with van der Waals surface area (Å²) in [6.45, 7) is 0. The third kappa shape index (κ3) is 5.92. The molecule has 0 heteroatoms. The molecule has 0 saturated heterocycles. The summed E-state index contributed by atoms with van der Waals surface area (Å²) in [7, 11) is 0. The van der Waals surface area contributed by atoms with Crippen LogP contribution in [0.3, 0.4) is 0 Å². The van der Waals surface area contributed by atoms with E-state index in [0.717, 1.165) is 0 Å². The van der Waals surface area contributed by atoms with Gasteiger partial charge in [-0.2, -0.15) is 0 Å². The van der Waals surface area contributed by atoms with Gasteiger partial charge in [0.1, 0.15) is 0 Å². The minimum absolute atomic E-state index is 1.19. The molecule has 0 spiro atoms. The van der Waals surface area contributed by atoms with Crippen molar-refractivity contribution in [3.8, 4) is 0 Å². The molecule has 0 heterocycles. The predicted molar refractivity (Wildman–Crippen MR) is 115 cm³/mol. The van der Waals surface area contributed by atoms with Crippen molar-refractivity contribution in [2.24, 2.45) is 0 Å². The monoisotopic (exact) mass is 334 g/mol. The molecule has 0 saturated carbocycles. The highest BCUT2D eigenvalue weighted by atomic mass is 13.9. The van der Waals surface area contributed by atoms with Gasteiger partial charge in [0.25, 0.3) is 0 Å². The largest absolute Gasteiger partial charge is 0.0622 e. The Labute approximate surface area is 156 Å². The lowest BCUT2D eigenvalue weighted by Gasteiger charge is -1.95. The lowest BCUT2D eigenvalue weighted by atomic mass is 10.1. The first-order valence-corrected chi connectivity index (χ1v) is 8.80. The molecule has 0 atom stereocenters. The fraction of sp³-hybridized carbons (Fsp3) is 0. The van der Waals surface area contributed by atoms with E-state index in [0.29, 0.717) is 0 Å². The molecule has 3 aromatic rings. The molecule has 0 fully saturated rings. The summed E-state index contributed by atoms with van der Waals surface area (Å²) < 4.78 is 0. The molecule has 0 amide bonds. The van der Waals surface area contributed by atoms with Crippen LogP contribution in [0.15, 0.2) is 109 Å². The molecule has 0 bridgehead atoms. The average Bonchev–Trinajstić information content (AvgIpc) is 2.71. The maximum atomic E-state index is 2.13. The summed E-state index contributed by atoms with van der Waals surface area (Å²) in [5, 5.41) is 0. The maximum absolute atomic E-state index is 2.13. The Balaban J connectivity index is 1.53. The number of hydrogen-bond acceptors (Lipinski definition) is 0. The van der Waals surface area contributed by atoms with Gasteiger partial charge in [-0.1, -0.05) is 134 Å². The van der Waals surface area contributed by atoms with Gasteiger partial charge in [0.05, 0.1) is 0 Å². The molecule has 0 nitrogen and oxygen atoms in total. The van der Waals surface area contributed by atoms with Crippen LogP contribution in [0.4, 0.5) is 0 Å². The van der Waals surface area contributed by atoms with Crippen molar-refractivity contribution in [2.45, 2.75) is 0 Å². The SMILES string of the molecule is C(=C/c1ccccc1)/C=C/c1ccc(/C=C/C=C\c2ccccc2)cc1. The van der Waals surface area contributed by atoms with Gasteiger partial charge in [-0.3, -0.25) is 0 Å². The summed E-state index contributed by atoms with van der Waals surface area (Å²) in [4.78, 5) is 0. The molecule has 0 aliphatic heterocycles. The lowest BCUT2D eigenvalue weighted by molar-refractivity contribution is 1.62. The van der Waals surface area contributed by atoms with Crippen molar-refractivity contribution in [1.82, 2.24) is 0 Å². The molecular weight excluding hydrogens is 312 g/mol. The molecule has 3 rings (SSSR count). The topological polar surface area (TPSA) is 0 Å². The maximum Gasteiger partial charge on any atom is -0.0256 e. The predicted octanol–water partition coefficient (Wildman–Crippen LogP) is 7.14. The highest BCUT2D eigenvalue weighted by molar-refractivity contribution is 5.61. The van der Waals surface area contributed by atoms with Crippen LogP contribution >= 0.6 is 0 Å². The summed E-state index contributed by atoms with van der Waals surface area (Å²) >= 11 is 0. The first-order valence-electron chi connectivity index (χ1n) is 8.80. The van der Waals surface area contributed by atoms with Crippen molar-refractivity contribution in [3.63, 3.8) is 0 Å². The van der Waals surface area contributed by atoms with Crippen LogP contribution in [0.25, 0.3) is 24.3 Å². The number of benzene rings is 3. The van der Waals surface area contributed by atoms with E-state index >= 15 is 0 Å². The second-order valence-corrected chi connectivity index (χ2v) is 5.92. The van der Waals surface area contributed by atoms with Crippen molar-refractivity contribution in [2.75, 3.05) is 0 Å². The molecule has 0 aromatic heterocycles. The number of rotatable bonds is 6. The van der Waals surface area contributed by atoms with Crippen LogP contribution in [-0.2, 0) is 0 Å². The first kappa shape index (κ1) is 17.4. The van der Waals surface area contributed by atoms with Crippen LogP contribution < -0.4 is 0 Å². The van der Waals surface area contributed by atoms with Gasteiger partial charge in [0.15, 0.2) is 0 Å². The third-order valence-electron chi connectivity index (χ3n) is 3.91. The summed E-state index contributed by atoms with van der Waals surface area (Å²) in [6, 6.07) is 29.2. The summed E-state index contributed by atoms with van der Waals surface area (Å²) in [5.41, 5.74) is 4.81. The van der Waals surface area contributed by atoms with E-state index in [4.69, 9.17) is 0 Å². The Morgan fingerprint density at radius 1 is 0.308 bits per heavy atom. The molecular formula is C26H22. The van der Waals surface area contributed by atoms with E-state index in [2.05, 4.69) is 97.1 Å². The standard InChI is InChI=1S/C26H22/c1-3-11-23(12-4-1)15-7-9-17-25-19-21-26(22-20-25)18-10-8-16-24-13-5-2-6-14-24/h1-22H/b15-7-,16-8-,17-9+,18-10+. The van der Waals surface area contributed by atoms with E-state index in [1.807, 2.05) is 36.4 Å². The van der Waals surface area contributed by atoms with Crippen LogP contribution in [-0.4, -0.2) is 0 Å². The fourth-order valence-electron chi connectivity index (χ4n) is 2.51. The van der Waals surface area contributed by atoms with E-state index in [1.54, 1.807) is 0 Å². The van der Waals surface area contributed by atoms with Gasteiger partial charge in [-0.25, -0.2) is 0 Å². The fourth-order valence-corrected chi connectivity index (χ4v) is 2.51. The van der Waals surface area contributed by atoms with Crippen LogP contribution in [0.2, 0.25) is 0 Å². The smallest absolute Gasteiger partial charge is 0.0256 e. The number of hydrogen-bond donors (Lipinski definition) is 0. The van der Waals surface area contributed by atoms with Gasteiger partial charge in [0.2, 0.25) is 0 Å². The zero-order valence-electron chi connectivity index (χ0n) is 14.7. The average molecular weight is 334 g/mol. The van der Waals surface area contributed by atoms with E-state index in [-0.39, 0.29) is 0 Å². The molecule has 0 aliphatic carbocycles. The van der Waals surface area contributed by atoms with Gasteiger partial charge in [0, 0.05) is 0 Å². The van der Waals surface area contributed by atoms with Crippen molar-refractivity contribution in [1.29, 1.82) is 0 Å². The Morgan fingerprint density at radius 3 is 0.885 bits per heavy atom. The number of allylic oxidation sites excluding steroid dienone is 4. The van der Waals surface area contributed by atoms with Gasteiger partial charge >= 0.3 is 0 Å². The Kier molecular flexibility index (Phi) is 6.58. The normalized spacial score (nSPS) is 12.0. The zero-order valence-corrected chi connectivity index (χ0v) is 14.7. The Morgan fingerprint density at radius 2 is 0.577 bits per heavy atom. The minimum Gasteiger partial charge on any atom is -0.0622 e. The Bertz CT molecular complexity index is 815. The summed E-state index contributed by atoms with van der Waals surface area (Å²) in [5.74, 6) is 0. The second-order valence-electron chi connectivity index (χ2n) is 5.92. The van der Waals surface area contributed by atoms with Crippen LogP contribution in [0.5, 0.6) is 0 Å². The van der Waals surface area contributed by atoms with Gasteiger partial charge in [-0.05, 0) is 22.3 Å². The van der Waals surface area contributed by atoms with E-state index < -0.39 is 0 Å². The van der Waals surface area contributed by atoms with Gasteiger partial charge in [-0.15, -0.1) is 0 Å². The highest BCUT2D eigenvalue weighted by Crippen LogP contribution is 2.09. The quantitative estimate of drug-likeness (QED) is 0.420. The summed E-state index contributed by atoms with van der Waals surface area (Å²) in [6.07, 6.45) is 16.7. The van der Waals surface area contributed by atoms with Crippen molar-refractivity contribution < 1.29 is 0 Å². The Hall–Kier alpha value is -3.38.